The van der Waals surface area contributed by atoms with Crippen molar-refractivity contribution in [3.05, 3.63) is 28.3 Å². The van der Waals surface area contributed by atoms with Crippen molar-refractivity contribution >= 4 is 23.5 Å². The average molecular weight is 390 g/mol. The fraction of sp³-hybridized carbons (Fsp3) is 0.467. The first-order valence-electron chi connectivity index (χ1n) is 7.44. The Morgan fingerprint density at radius 3 is 2.38 bits per heavy atom. The van der Waals surface area contributed by atoms with Crippen LogP contribution in [0.25, 0.3) is 0 Å². The van der Waals surface area contributed by atoms with Gasteiger partial charge >= 0.3 is 12.1 Å². The molecule has 7 nitrogen and oxygen atoms in total. The molecular formula is C15H17F3N4O3S. The lowest BCUT2D eigenvalue weighted by Crippen LogP contribution is -2.17. The van der Waals surface area contributed by atoms with Gasteiger partial charge in [0, 0.05) is 12.7 Å². The standard InChI is InChI=1S/C15H17F3N4O3S/c1-6-9(12(24)25-5)7(2)19-10(6)11(23)8(3)26-14-21-20-13(22(14)4)15(16,17)18/h8,19H,1-5H3/t8-/m1/s1. The highest BCUT2D eigenvalue weighted by molar-refractivity contribution is 8.00. The Bertz CT molecular complexity index is 857. The Hall–Kier alpha value is -2.30. The fourth-order valence-electron chi connectivity index (χ4n) is 2.48. The summed E-state index contributed by atoms with van der Waals surface area (Å²) in [5, 5.41) is 5.85. The number of alkyl halides is 3. The normalized spacial score (nSPS) is 12.9. The number of nitrogens with one attached hydrogen (secondary N) is 1. The number of hydrogen-bond acceptors (Lipinski definition) is 6. The predicted molar refractivity (Wildman–Crippen MR) is 87.3 cm³/mol. The van der Waals surface area contributed by atoms with Crippen molar-refractivity contribution in [1.29, 1.82) is 0 Å². The number of H-pyrrole nitrogens is 1. The zero-order valence-electron chi connectivity index (χ0n) is 14.7. The summed E-state index contributed by atoms with van der Waals surface area (Å²) in [4.78, 5) is 27.3. The van der Waals surface area contributed by atoms with Gasteiger partial charge in [-0.15, -0.1) is 10.2 Å². The van der Waals surface area contributed by atoms with Crippen LogP contribution < -0.4 is 0 Å². The summed E-state index contributed by atoms with van der Waals surface area (Å²) in [5.41, 5.74) is 1.39. The Kier molecular flexibility index (Phi) is 5.49. The zero-order chi connectivity index (χ0) is 19.8. The summed E-state index contributed by atoms with van der Waals surface area (Å²) < 4.78 is 43.8. The van der Waals surface area contributed by atoms with E-state index in [1.165, 1.54) is 14.2 Å². The summed E-state index contributed by atoms with van der Waals surface area (Å²) in [6.07, 6.45) is -4.63. The number of Topliss-reactive ketones (excluding diaryl/α,β-unsaturated/α-hetero) is 1. The van der Waals surface area contributed by atoms with Crippen molar-refractivity contribution in [2.24, 2.45) is 7.05 Å². The molecule has 1 N–H and O–H groups in total. The minimum atomic E-state index is -4.63. The molecule has 0 radical (unpaired) electrons. The van der Waals surface area contributed by atoms with E-state index >= 15 is 0 Å². The molecule has 2 heterocycles. The highest BCUT2D eigenvalue weighted by Gasteiger charge is 2.38. The van der Waals surface area contributed by atoms with Gasteiger partial charge in [-0.25, -0.2) is 4.79 Å². The van der Waals surface area contributed by atoms with Crippen molar-refractivity contribution in [2.45, 2.75) is 37.4 Å². The van der Waals surface area contributed by atoms with Crippen LogP contribution in [0.15, 0.2) is 5.16 Å². The molecule has 0 bridgehead atoms. The van der Waals surface area contributed by atoms with Crippen LogP contribution in [0.4, 0.5) is 13.2 Å². The van der Waals surface area contributed by atoms with Gasteiger partial charge in [-0.2, -0.15) is 13.2 Å². The third-order valence-corrected chi connectivity index (χ3v) is 4.95. The number of thioether (sulfide) groups is 1. The molecule has 142 valence electrons. The number of carbonyl (C=O) groups excluding carboxylic acids is 2. The monoisotopic (exact) mass is 390 g/mol. The van der Waals surface area contributed by atoms with Crippen LogP contribution >= 0.6 is 11.8 Å². The molecule has 2 aromatic heterocycles. The molecule has 2 aromatic rings. The van der Waals surface area contributed by atoms with Gasteiger partial charge in [0.05, 0.1) is 23.6 Å². The third-order valence-electron chi connectivity index (χ3n) is 3.81. The molecule has 11 heteroatoms. The van der Waals surface area contributed by atoms with E-state index in [1.807, 2.05) is 0 Å². The van der Waals surface area contributed by atoms with E-state index in [1.54, 1.807) is 20.8 Å². The van der Waals surface area contributed by atoms with Crippen molar-refractivity contribution in [3.8, 4) is 0 Å². The molecule has 26 heavy (non-hydrogen) atoms. The second-order valence-electron chi connectivity index (χ2n) is 5.60. The number of ketones is 1. The van der Waals surface area contributed by atoms with Crippen molar-refractivity contribution in [2.75, 3.05) is 7.11 Å². The number of halogens is 3. The molecule has 0 aliphatic carbocycles. The quantitative estimate of drug-likeness (QED) is 0.480. The van der Waals surface area contributed by atoms with Crippen LogP contribution in [0.3, 0.4) is 0 Å². The average Bonchev–Trinajstić information content (AvgIpc) is 3.06. The van der Waals surface area contributed by atoms with Crippen molar-refractivity contribution in [1.82, 2.24) is 19.7 Å². The maximum absolute atomic E-state index is 12.8. The molecule has 0 saturated heterocycles. The number of aryl methyl sites for hydroxylation is 1. The molecule has 1 atom stereocenters. The lowest BCUT2D eigenvalue weighted by Gasteiger charge is -2.10. The first-order valence-corrected chi connectivity index (χ1v) is 8.31. The maximum atomic E-state index is 12.8. The maximum Gasteiger partial charge on any atom is 0.451 e. The van der Waals surface area contributed by atoms with Crippen molar-refractivity contribution in [3.63, 3.8) is 0 Å². The molecule has 0 spiro atoms. The molecule has 0 unspecified atom stereocenters. The Labute approximate surface area is 151 Å². The second kappa shape index (κ2) is 7.14. The lowest BCUT2D eigenvalue weighted by atomic mass is 10.1. The predicted octanol–water partition coefficient (Wildman–Crippen LogP) is 2.93. The first kappa shape index (κ1) is 20.0. The number of carbonyl (C=O) groups is 2. The van der Waals surface area contributed by atoms with Crippen molar-refractivity contribution < 1.29 is 27.5 Å². The number of aromatic amines is 1. The second-order valence-corrected chi connectivity index (χ2v) is 6.91. The minimum absolute atomic E-state index is 0.0349. The van der Waals surface area contributed by atoms with E-state index in [4.69, 9.17) is 4.74 Å². The van der Waals surface area contributed by atoms with E-state index in [0.29, 0.717) is 11.3 Å². The Balaban J connectivity index is 2.27. The van der Waals surface area contributed by atoms with E-state index in [9.17, 15) is 22.8 Å². The van der Waals surface area contributed by atoms with Crippen LogP contribution in [-0.2, 0) is 18.0 Å². The molecule has 0 saturated carbocycles. The number of hydrogen-bond donors (Lipinski definition) is 1. The van der Waals surface area contributed by atoms with E-state index in [0.717, 1.165) is 16.3 Å². The van der Waals surface area contributed by atoms with Crippen LogP contribution in [0.5, 0.6) is 0 Å². The van der Waals surface area contributed by atoms with E-state index in [2.05, 4.69) is 15.2 Å². The van der Waals surface area contributed by atoms with E-state index < -0.39 is 23.2 Å². The van der Waals surface area contributed by atoms with Crippen LogP contribution in [0.1, 0.15) is 44.9 Å². The summed E-state index contributed by atoms with van der Waals surface area (Å²) in [6, 6.07) is 0. The summed E-state index contributed by atoms with van der Waals surface area (Å²) in [6.45, 7) is 4.78. The van der Waals surface area contributed by atoms with Gasteiger partial charge in [-0.05, 0) is 26.3 Å². The van der Waals surface area contributed by atoms with Gasteiger partial charge in [-0.1, -0.05) is 11.8 Å². The fourth-order valence-corrected chi connectivity index (χ4v) is 3.36. The van der Waals surface area contributed by atoms with Crippen LogP contribution in [0, 0.1) is 13.8 Å². The van der Waals surface area contributed by atoms with E-state index in [-0.39, 0.29) is 22.2 Å². The highest BCUT2D eigenvalue weighted by atomic mass is 32.2. The van der Waals surface area contributed by atoms with Crippen LogP contribution in [-0.4, -0.2) is 43.9 Å². The first-order chi connectivity index (χ1) is 12.0. The minimum Gasteiger partial charge on any atom is -0.465 e. The third kappa shape index (κ3) is 3.62. The SMILES string of the molecule is COC(=O)c1c(C)[nH]c(C(=O)[C@@H](C)Sc2nnc(C(F)(F)F)n2C)c1C. The van der Waals surface area contributed by atoms with Gasteiger partial charge in [0.25, 0.3) is 0 Å². The number of methoxy groups -OCH3 is 1. The summed E-state index contributed by atoms with van der Waals surface area (Å²) in [5.74, 6) is -2.08. The highest BCUT2D eigenvalue weighted by Crippen LogP contribution is 2.32. The molecule has 0 aliphatic heterocycles. The molecule has 0 aliphatic rings. The molecular weight excluding hydrogens is 373 g/mol. The molecule has 2 rings (SSSR count). The number of ether oxygens (including phenoxy) is 1. The van der Waals surface area contributed by atoms with Crippen LogP contribution in [0.2, 0.25) is 0 Å². The van der Waals surface area contributed by atoms with Gasteiger partial charge in [0.15, 0.2) is 10.9 Å². The van der Waals surface area contributed by atoms with Gasteiger partial charge < -0.3 is 14.3 Å². The van der Waals surface area contributed by atoms with Gasteiger partial charge in [0.1, 0.15) is 0 Å². The number of esters is 1. The Morgan fingerprint density at radius 2 is 1.88 bits per heavy atom. The lowest BCUT2D eigenvalue weighted by molar-refractivity contribution is -0.147. The smallest absolute Gasteiger partial charge is 0.451 e. The number of nitrogens with zero attached hydrogens (tertiary/aromatic N) is 3. The van der Waals surface area contributed by atoms with Gasteiger partial charge in [-0.3, -0.25) is 4.79 Å². The summed E-state index contributed by atoms with van der Waals surface area (Å²) in [7, 11) is 2.42. The molecule has 0 amide bonds. The topological polar surface area (TPSA) is 89.9 Å². The number of aromatic nitrogens is 4. The Morgan fingerprint density at radius 1 is 1.27 bits per heavy atom. The number of rotatable bonds is 5. The van der Waals surface area contributed by atoms with Gasteiger partial charge in [0.2, 0.25) is 5.82 Å². The molecule has 0 fully saturated rings. The zero-order valence-corrected chi connectivity index (χ0v) is 15.5. The largest absolute Gasteiger partial charge is 0.465 e. The molecule has 0 aromatic carbocycles. The summed E-state index contributed by atoms with van der Waals surface area (Å²) >= 11 is 0.852.